The normalized spacial score (nSPS) is 9.80. The molecular weight excluding hydrogens is 233 g/mol. The van der Waals surface area contributed by atoms with Gasteiger partial charge in [0.25, 0.3) is 5.91 Å². The lowest BCUT2D eigenvalue weighted by Gasteiger charge is -2.06. The van der Waals surface area contributed by atoms with Gasteiger partial charge in [-0.1, -0.05) is 41.4 Å². The van der Waals surface area contributed by atoms with Crippen molar-refractivity contribution in [3.8, 4) is 0 Å². The molecule has 1 amide bonds. The summed E-state index contributed by atoms with van der Waals surface area (Å²) in [5, 5.41) is 3.34. The number of carbonyl (C=O) groups is 1. The van der Waals surface area contributed by atoms with Crippen LogP contribution in [0.15, 0.2) is 30.4 Å². The van der Waals surface area contributed by atoms with E-state index < -0.39 is 0 Å². The first-order valence-corrected chi connectivity index (χ1v) is 5.14. The number of nitrogens with one attached hydrogen (secondary N) is 1. The van der Waals surface area contributed by atoms with Crippen LogP contribution in [0.4, 0.5) is 0 Å². The number of halogens is 2. The van der Waals surface area contributed by atoms with Gasteiger partial charge in [-0.2, -0.15) is 0 Å². The predicted octanol–water partition coefficient (Wildman–Crippen LogP) is 3.30. The van der Waals surface area contributed by atoms with Gasteiger partial charge in [0.1, 0.15) is 0 Å². The number of hydrogen-bond acceptors (Lipinski definition) is 1. The summed E-state index contributed by atoms with van der Waals surface area (Å²) in [5.41, 5.74) is 1.26. The third-order valence-corrected chi connectivity index (χ3v) is 2.57. The first kappa shape index (κ1) is 12.1. The number of rotatable bonds is 3. The predicted molar refractivity (Wildman–Crippen MR) is 63.6 cm³/mol. The summed E-state index contributed by atoms with van der Waals surface area (Å²) >= 11 is 11.7. The Morgan fingerprint density at radius 3 is 2.73 bits per heavy atom. The van der Waals surface area contributed by atoms with Gasteiger partial charge in [0.15, 0.2) is 0 Å². The average molecular weight is 244 g/mol. The van der Waals surface area contributed by atoms with E-state index in [1.165, 1.54) is 0 Å². The number of carbonyl (C=O) groups excluding carboxylic acids is 1. The third kappa shape index (κ3) is 3.26. The van der Waals surface area contributed by atoms with Crippen LogP contribution in [-0.4, -0.2) is 12.5 Å². The van der Waals surface area contributed by atoms with Crippen molar-refractivity contribution < 1.29 is 4.79 Å². The molecule has 4 heteroatoms. The summed E-state index contributed by atoms with van der Waals surface area (Å²) in [4.78, 5) is 11.6. The van der Waals surface area contributed by atoms with Crippen LogP contribution in [-0.2, 0) is 0 Å². The van der Waals surface area contributed by atoms with Crippen LogP contribution in [0.1, 0.15) is 17.3 Å². The van der Waals surface area contributed by atoms with Gasteiger partial charge in [-0.25, -0.2) is 0 Å². The second-order valence-corrected chi connectivity index (χ2v) is 4.03. The highest BCUT2D eigenvalue weighted by molar-refractivity contribution is 6.43. The van der Waals surface area contributed by atoms with Crippen molar-refractivity contribution in [1.82, 2.24) is 5.32 Å². The Morgan fingerprint density at radius 1 is 1.47 bits per heavy atom. The van der Waals surface area contributed by atoms with Crippen LogP contribution in [0.25, 0.3) is 0 Å². The smallest absolute Gasteiger partial charge is 0.253 e. The van der Waals surface area contributed by atoms with E-state index in [0.717, 1.165) is 5.57 Å². The molecule has 0 heterocycles. The third-order valence-electron chi connectivity index (χ3n) is 1.75. The fraction of sp³-hybridized carbons (Fsp3) is 0.182. The Kier molecular flexibility index (Phi) is 4.18. The minimum absolute atomic E-state index is 0.245. The zero-order valence-corrected chi connectivity index (χ0v) is 9.82. The van der Waals surface area contributed by atoms with Crippen LogP contribution < -0.4 is 5.32 Å². The van der Waals surface area contributed by atoms with E-state index in [-0.39, 0.29) is 10.9 Å². The minimum Gasteiger partial charge on any atom is -0.348 e. The largest absolute Gasteiger partial charge is 0.348 e. The van der Waals surface area contributed by atoms with E-state index in [1.807, 2.05) is 6.92 Å². The maximum Gasteiger partial charge on any atom is 0.253 e. The van der Waals surface area contributed by atoms with E-state index >= 15 is 0 Å². The molecule has 0 radical (unpaired) electrons. The van der Waals surface area contributed by atoms with Gasteiger partial charge in [-0.15, -0.1) is 0 Å². The van der Waals surface area contributed by atoms with Gasteiger partial charge in [0.05, 0.1) is 15.6 Å². The first-order valence-electron chi connectivity index (χ1n) is 4.39. The van der Waals surface area contributed by atoms with Crippen molar-refractivity contribution in [2.75, 3.05) is 6.54 Å². The van der Waals surface area contributed by atoms with Crippen molar-refractivity contribution in [2.24, 2.45) is 0 Å². The first-order chi connectivity index (χ1) is 7.02. The molecule has 2 nitrogen and oxygen atoms in total. The molecule has 0 bridgehead atoms. The highest BCUT2D eigenvalue weighted by atomic mass is 35.5. The summed E-state index contributed by atoms with van der Waals surface area (Å²) in [7, 11) is 0. The van der Waals surface area contributed by atoms with Gasteiger partial charge in [0, 0.05) is 6.54 Å². The Morgan fingerprint density at radius 2 is 2.13 bits per heavy atom. The minimum atomic E-state index is -0.245. The summed E-state index contributed by atoms with van der Waals surface area (Å²) < 4.78 is 0. The fourth-order valence-corrected chi connectivity index (χ4v) is 1.39. The molecule has 0 unspecified atom stereocenters. The van der Waals surface area contributed by atoms with E-state index in [4.69, 9.17) is 23.2 Å². The maximum atomic E-state index is 11.6. The molecule has 0 saturated heterocycles. The molecule has 1 aromatic carbocycles. The number of hydrogen-bond donors (Lipinski definition) is 1. The molecular formula is C11H11Cl2NO. The lowest BCUT2D eigenvalue weighted by Crippen LogP contribution is -2.25. The van der Waals surface area contributed by atoms with Crippen LogP contribution in [0.5, 0.6) is 0 Å². The summed E-state index contributed by atoms with van der Waals surface area (Å²) in [5.74, 6) is -0.245. The van der Waals surface area contributed by atoms with Gasteiger partial charge < -0.3 is 5.32 Å². The van der Waals surface area contributed by atoms with E-state index in [0.29, 0.717) is 17.1 Å². The number of benzene rings is 1. The molecule has 0 aliphatic rings. The summed E-state index contributed by atoms with van der Waals surface area (Å²) in [6.45, 7) is 5.95. The fourth-order valence-electron chi connectivity index (χ4n) is 1.01. The summed E-state index contributed by atoms with van der Waals surface area (Å²) in [6, 6.07) is 4.95. The van der Waals surface area contributed by atoms with Crippen molar-refractivity contribution >= 4 is 29.1 Å². The van der Waals surface area contributed by atoms with Gasteiger partial charge in [0.2, 0.25) is 0 Å². The molecule has 15 heavy (non-hydrogen) atoms. The standard InChI is InChI=1S/C11H11Cl2NO/c1-7(2)6-14-11(15)8-4-3-5-9(12)10(8)13/h3-5H,1,6H2,2H3,(H,14,15). The molecule has 0 spiro atoms. The van der Waals surface area contributed by atoms with E-state index in [9.17, 15) is 4.79 Å². The van der Waals surface area contributed by atoms with Gasteiger partial charge in [-0.3, -0.25) is 4.79 Å². The Balaban J connectivity index is 2.82. The maximum absolute atomic E-state index is 11.6. The van der Waals surface area contributed by atoms with Crippen LogP contribution in [0.2, 0.25) is 10.0 Å². The quantitative estimate of drug-likeness (QED) is 0.812. The molecule has 1 N–H and O–H groups in total. The van der Waals surface area contributed by atoms with Crippen molar-refractivity contribution in [1.29, 1.82) is 0 Å². The Hall–Kier alpha value is -0.990. The molecule has 0 fully saturated rings. The van der Waals surface area contributed by atoms with Gasteiger partial charge in [-0.05, 0) is 19.1 Å². The SMILES string of the molecule is C=C(C)CNC(=O)c1cccc(Cl)c1Cl. The van der Waals surface area contributed by atoms with Gasteiger partial charge >= 0.3 is 0 Å². The Labute approximate surface area is 98.9 Å². The summed E-state index contributed by atoms with van der Waals surface area (Å²) in [6.07, 6.45) is 0. The molecule has 1 aromatic rings. The molecule has 0 aliphatic heterocycles. The van der Waals surface area contributed by atoms with Crippen LogP contribution in [0.3, 0.4) is 0 Å². The second kappa shape index (κ2) is 5.19. The average Bonchev–Trinajstić information content (AvgIpc) is 2.18. The van der Waals surface area contributed by atoms with Crippen molar-refractivity contribution in [3.05, 3.63) is 46.0 Å². The highest BCUT2D eigenvalue weighted by Gasteiger charge is 2.11. The lowest BCUT2D eigenvalue weighted by molar-refractivity contribution is 0.0957. The molecule has 0 saturated carbocycles. The van der Waals surface area contributed by atoms with Crippen LogP contribution in [0, 0.1) is 0 Å². The topological polar surface area (TPSA) is 29.1 Å². The molecule has 80 valence electrons. The monoisotopic (exact) mass is 243 g/mol. The Bertz CT molecular complexity index is 402. The highest BCUT2D eigenvalue weighted by Crippen LogP contribution is 2.25. The second-order valence-electron chi connectivity index (χ2n) is 3.24. The van der Waals surface area contributed by atoms with E-state index in [1.54, 1.807) is 18.2 Å². The molecule has 0 atom stereocenters. The number of amides is 1. The van der Waals surface area contributed by atoms with Crippen molar-refractivity contribution in [3.63, 3.8) is 0 Å². The molecule has 1 rings (SSSR count). The molecule has 0 aromatic heterocycles. The zero-order valence-electron chi connectivity index (χ0n) is 8.31. The lowest BCUT2D eigenvalue weighted by atomic mass is 10.2. The zero-order chi connectivity index (χ0) is 11.4. The van der Waals surface area contributed by atoms with E-state index in [2.05, 4.69) is 11.9 Å². The van der Waals surface area contributed by atoms with Crippen LogP contribution >= 0.6 is 23.2 Å². The molecule has 0 aliphatic carbocycles. The van der Waals surface area contributed by atoms with Crippen molar-refractivity contribution in [2.45, 2.75) is 6.92 Å².